The van der Waals surface area contributed by atoms with Crippen LogP contribution in [0.25, 0.3) is 0 Å². The quantitative estimate of drug-likeness (QED) is 0.882. The Kier molecular flexibility index (Phi) is 4.70. The topological polar surface area (TPSA) is 72.5 Å². The number of rotatable bonds is 4. The molecule has 0 radical (unpaired) electrons. The van der Waals surface area contributed by atoms with Crippen LogP contribution in [0.3, 0.4) is 0 Å². The fourth-order valence-electron chi connectivity index (χ4n) is 3.09. The van der Waals surface area contributed by atoms with E-state index in [1.807, 2.05) is 6.92 Å². The Morgan fingerprint density at radius 3 is 2.55 bits per heavy atom. The zero-order chi connectivity index (χ0) is 14.9. The van der Waals surface area contributed by atoms with Crippen molar-refractivity contribution in [1.82, 2.24) is 0 Å². The van der Waals surface area contributed by atoms with E-state index in [0.717, 1.165) is 28.4 Å². The molecule has 1 aromatic carbocycles. The second kappa shape index (κ2) is 6.14. The van der Waals surface area contributed by atoms with Gasteiger partial charge < -0.3 is 15.6 Å². The van der Waals surface area contributed by atoms with Gasteiger partial charge in [-0.3, -0.25) is 4.79 Å². The molecule has 1 aliphatic rings. The third-order valence-electron chi connectivity index (χ3n) is 4.00. The smallest absolute Gasteiger partial charge is 0.305 e. The predicted octanol–water partition coefficient (Wildman–Crippen LogP) is 3.12. The molecule has 0 amide bonds. The lowest BCUT2D eigenvalue weighted by Crippen LogP contribution is -2.20. The average Bonchev–Trinajstić information content (AvgIpc) is 2.41. The molecule has 0 bridgehead atoms. The molecule has 1 aromatic rings. The fraction of sp³-hybridized carbons (Fsp3) is 0.533. The lowest BCUT2D eigenvalue weighted by molar-refractivity contribution is -0.137. The van der Waals surface area contributed by atoms with Crippen LogP contribution in [0.1, 0.15) is 47.6 Å². The van der Waals surface area contributed by atoms with Crippen molar-refractivity contribution in [2.45, 2.75) is 45.1 Å². The molecule has 0 saturated heterocycles. The average molecular weight is 342 g/mol. The van der Waals surface area contributed by atoms with Gasteiger partial charge in [-0.15, -0.1) is 0 Å². The number of aliphatic carboxylic acids is 1. The van der Waals surface area contributed by atoms with E-state index in [4.69, 9.17) is 15.6 Å². The molecule has 1 unspecified atom stereocenters. The van der Waals surface area contributed by atoms with Crippen LogP contribution in [0.4, 0.5) is 0 Å². The monoisotopic (exact) mass is 341 g/mol. The van der Waals surface area contributed by atoms with Crippen molar-refractivity contribution in [3.63, 3.8) is 0 Å². The van der Waals surface area contributed by atoms with E-state index >= 15 is 0 Å². The Balaban J connectivity index is 2.60. The lowest BCUT2D eigenvalue weighted by Gasteiger charge is -2.27. The molecule has 20 heavy (non-hydrogen) atoms. The molecule has 2 rings (SSSR count). The van der Waals surface area contributed by atoms with Crippen LogP contribution in [0.15, 0.2) is 4.47 Å². The summed E-state index contributed by atoms with van der Waals surface area (Å²) in [6.45, 7) is 2.02. The third-order valence-corrected chi connectivity index (χ3v) is 4.84. The van der Waals surface area contributed by atoms with Gasteiger partial charge in [0.2, 0.25) is 0 Å². The van der Waals surface area contributed by atoms with Crippen molar-refractivity contribution in [3.8, 4) is 5.75 Å². The van der Waals surface area contributed by atoms with Gasteiger partial charge in [-0.1, -0.05) is 0 Å². The van der Waals surface area contributed by atoms with Gasteiger partial charge in [0.05, 0.1) is 18.0 Å². The Morgan fingerprint density at radius 1 is 1.40 bits per heavy atom. The highest BCUT2D eigenvalue weighted by Crippen LogP contribution is 2.43. The van der Waals surface area contributed by atoms with Crippen molar-refractivity contribution in [2.24, 2.45) is 5.73 Å². The minimum atomic E-state index is -0.896. The van der Waals surface area contributed by atoms with Gasteiger partial charge >= 0.3 is 5.97 Å². The van der Waals surface area contributed by atoms with Crippen molar-refractivity contribution in [1.29, 1.82) is 0 Å². The van der Waals surface area contributed by atoms with Crippen LogP contribution < -0.4 is 10.5 Å². The first kappa shape index (κ1) is 15.3. The van der Waals surface area contributed by atoms with Gasteiger partial charge in [-0.2, -0.15) is 0 Å². The zero-order valence-corrected chi connectivity index (χ0v) is 13.4. The van der Waals surface area contributed by atoms with Crippen molar-refractivity contribution in [3.05, 3.63) is 26.7 Å². The van der Waals surface area contributed by atoms with Gasteiger partial charge in [0.15, 0.2) is 0 Å². The van der Waals surface area contributed by atoms with E-state index in [1.165, 1.54) is 24.0 Å². The summed E-state index contributed by atoms with van der Waals surface area (Å²) in [5.41, 5.74) is 10.6. The van der Waals surface area contributed by atoms with Crippen LogP contribution >= 0.6 is 15.9 Å². The fourth-order valence-corrected chi connectivity index (χ4v) is 3.90. The second-order valence-corrected chi connectivity index (χ2v) is 6.05. The Hall–Kier alpha value is -1.07. The van der Waals surface area contributed by atoms with E-state index in [9.17, 15) is 4.79 Å². The Morgan fingerprint density at radius 2 is 2.00 bits per heavy atom. The number of hydrogen-bond donors (Lipinski definition) is 2. The first-order chi connectivity index (χ1) is 9.47. The first-order valence-corrected chi connectivity index (χ1v) is 7.61. The number of methoxy groups -OCH3 is 1. The van der Waals surface area contributed by atoms with Gasteiger partial charge in [0.25, 0.3) is 0 Å². The number of ether oxygens (including phenoxy) is 1. The van der Waals surface area contributed by atoms with Crippen LogP contribution in [0, 0.1) is 6.92 Å². The summed E-state index contributed by atoms with van der Waals surface area (Å²) in [6.07, 6.45) is 4.30. The molecule has 3 N–H and O–H groups in total. The zero-order valence-electron chi connectivity index (χ0n) is 11.8. The molecule has 0 heterocycles. The van der Waals surface area contributed by atoms with Crippen LogP contribution in [0.5, 0.6) is 5.75 Å². The van der Waals surface area contributed by atoms with Gasteiger partial charge in [0, 0.05) is 11.6 Å². The van der Waals surface area contributed by atoms with E-state index in [0.29, 0.717) is 5.75 Å². The van der Waals surface area contributed by atoms with E-state index in [1.54, 1.807) is 7.11 Å². The van der Waals surface area contributed by atoms with Crippen molar-refractivity contribution in [2.75, 3.05) is 7.11 Å². The number of fused-ring (bicyclic) bond motifs is 1. The maximum absolute atomic E-state index is 10.9. The number of nitrogens with two attached hydrogens (primary N) is 1. The highest BCUT2D eigenvalue weighted by molar-refractivity contribution is 9.10. The standard InChI is InChI=1S/C15H20BrNO3/c1-8-9-5-3-4-6-10(9)14(16)15(20-2)13(8)11(17)7-12(18)19/h11H,3-7,17H2,1-2H3,(H,18,19). The number of benzene rings is 1. The number of carbonyl (C=O) groups is 1. The highest BCUT2D eigenvalue weighted by atomic mass is 79.9. The predicted molar refractivity (Wildman–Crippen MR) is 81.3 cm³/mol. The minimum Gasteiger partial charge on any atom is -0.495 e. The summed E-state index contributed by atoms with van der Waals surface area (Å²) in [7, 11) is 1.60. The van der Waals surface area contributed by atoms with Gasteiger partial charge in [-0.25, -0.2) is 0 Å². The van der Waals surface area contributed by atoms with E-state index in [2.05, 4.69) is 15.9 Å². The summed E-state index contributed by atoms with van der Waals surface area (Å²) in [6, 6.07) is -0.550. The molecule has 0 spiro atoms. The van der Waals surface area contributed by atoms with E-state index < -0.39 is 12.0 Å². The summed E-state index contributed by atoms with van der Waals surface area (Å²) in [5.74, 6) is -0.204. The molecule has 0 saturated carbocycles. The molecule has 0 aromatic heterocycles. The van der Waals surface area contributed by atoms with Gasteiger partial charge in [0.1, 0.15) is 5.75 Å². The molecule has 110 valence electrons. The van der Waals surface area contributed by atoms with Crippen molar-refractivity contribution < 1.29 is 14.6 Å². The lowest BCUT2D eigenvalue weighted by atomic mass is 9.84. The van der Waals surface area contributed by atoms with Crippen LogP contribution in [-0.4, -0.2) is 18.2 Å². The number of hydrogen-bond acceptors (Lipinski definition) is 3. The molecule has 1 atom stereocenters. The van der Waals surface area contributed by atoms with Crippen LogP contribution in [0.2, 0.25) is 0 Å². The second-order valence-electron chi connectivity index (χ2n) is 5.25. The maximum Gasteiger partial charge on any atom is 0.305 e. The minimum absolute atomic E-state index is 0.0948. The summed E-state index contributed by atoms with van der Waals surface area (Å²) in [4.78, 5) is 10.9. The Bertz CT molecular complexity index is 543. The highest BCUT2D eigenvalue weighted by Gasteiger charge is 2.26. The molecule has 5 heteroatoms. The SMILES string of the molecule is COc1c(Br)c2c(c(C)c1C(N)CC(=O)O)CCCC2. The normalized spacial score (nSPS) is 15.6. The summed E-state index contributed by atoms with van der Waals surface area (Å²) < 4.78 is 6.45. The molecule has 4 nitrogen and oxygen atoms in total. The third kappa shape index (κ3) is 2.69. The first-order valence-electron chi connectivity index (χ1n) is 6.82. The number of halogens is 1. The maximum atomic E-state index is 10.9. The summed E-state index contributed by atoms with van der Waals surface area (Å²) in [5, 5.41) is 8.97. The van der Waals surface area contributed by atoms with Crippen LogP contribution in [-0.2, 0) is 17.6 Å². The molecular formula is C15H20BrNO3. The van der Waals surface area contributed by atoms with E-state index in [-0.39, 0.29) is 6.42 Å². The molecule has 0 fully saturated rings. The van der Waals surface area contributed by atoms with Gasteiger partial charge in [-0.05, 0) is 65.2 Å². The van der Waals surface area contributed by atoms with Crippen molar-refractivity contribution >= 4 is 21.9 Å². The number of carboxylic acid groups (broad SMARTS) is 1. The largest absolute Gasteiger partial charge is 0.495 e. The number of carboxylic acids is 1. The Labute approximate surface area is 127 Å². The molecule has 0 aliphatic heterocycles. The summed E-state index contributed by atoms with van der Waals surface area (Å²) >= 11 is 3.62. The molecular weight excluding hydrogens is 322 g/mol. The molecule has 1 aliphatic carbocycles.